The predicted octanol–water partition coefficient (Wildman–Crippen LogP) is 4.30. The zero-order valence-corrected chi connectivity index (χ0v) is 12.7. The van der Waals surface area contributed by atoms with Gasteiger partial charge in [-0.05, 0) is 58.9 Å². The monoisotopic (exact) mass is 326 g/mol. The lowest BCUT2D eigenvalue weighted by Crippen LogP contribution is -2.09. The SMILES string of the molecule is CC(C)Oc1ncccc1NCc1csc(Br)c1. The highest BCUT2D eigenvalue weighted by molar-refractivity contribution is 9.11. The van der Waals surface area contributed by atoms with Gasteiger partial charge < -0.3 is 10.1 Å². The van der Waals surface area contributed by atoms with Gasteiger partial charge in [0.25, 0.3) is 0 Å². The summed E-state index contributed by atoms with van der Waals surface area (Å²) in [4.78, 5) is 4.24. The molecule has 0 unspecified atom stereocenters. The van der Waals surface area contributed by atoms with Gasteiger partial charge in [-0.1, -0.05) is 0 Å². The maximum atomic E-state index is 5.66. The van der Waals surface area contributed by atoms with E-state index in [1.165, 1.54) is 5.56 Å². The van der Waals surface area contributed by atoms with Crippen LogP contribution in [0.4, 0.5) is 5.69 Å². The minimum Gasteiger partial charge on any atom is -0.473 e. The third-order valence-corrected chi connectivity index (χ3v) is 3.78. The van der Waals surface area contributed by atoms with E-state index in [9.17, 15) is 0 Å². The molecule has 0 saturated carbocycles. The van der Waals surface area contributed by atoms with Crippen LogP contribution in [0, 0.1) is 0 Å². The Morgan fingerprint density at radius 2 is 2.33 bits per heavy atom. The van der Waals surface area contributed by atoms with E-state index in [-0.39, 0.29) is 6.10 Å². The van der Waals surface area contributed by atoms with Crippen molar-refractivity contribution in [3.8, 4) is 5.88 Å². The van der Waals surface area contributed by atoms with Crippen molar-refractivity contribution in [3.63, 3.8) is 0 Å². The highest BCUT2D eigenvalue weighted by Crippen LogP contribution is 2.25. The van der Waals surface area contributed by atoms with E-state index in [4.69, 9.17) is 4.74 Å². The average Bonchev–Trinajstić information content (AvgIpc) is 2.73. The van der Waals surface area contributed by atoms with Crippen LogP contribution in [0.3, 0.4) is 0 Å². The third-order valence-electron chi connectivity index (χ3n) is 2.22. The van der Waals surface area contributed by atoms with Crippen molar-refractivity contribution in [2.45, 2.75) is 26.5 Å². The van der Waals surface area contributed by atoms with Crippen LogP contribution in [0.25, 0.3) is 0 Å². The summed E-state index contributed by atoms with van der Waals surface area (Å²) in [6.45, 7) is 4.76. The lowest BCUT2D eigenvalue weighted by Gasteiger charge is -2.13. The standard InChI is InChI=1S/C13H15BrN2OS/c1-9(2)17-13-11(4-3-5-15-13)16-7-10-6-12(14)18-8-10/h3-6,8-9,16H,7H2,1-2H3. The number of anilines is 1. The second-order valence-corrected chi connectivity index (χ2v) is 6.43. The average molecular weight is 327 g/mol. The Hall–Kier alpha value is -1.07. The largest absolute Gasteiger partial charge is 0.473 e. The number of thiophene rings is 1. The number of ether oxygens (including phenoxy) is 1. The van der Waals surface area contributed by atoms with Crippen molar-refractivity contribution in [1.82, 2.24) is 4.98 Å². The molecule has 0 radical (unpaired) electrons. The van der Waals surface area contributed by atoms with E-state index in [0.29, 0.717) is 5.88 Å². The van der Waals surface area contributed by atoms with E-state index in [2.05, 4.69) is 37.7 Å². The molecule has 2 aromatic rings. The normalized spacial score (nSPS) is 10.7. The molecule has 0 atom stereocenters. The molecule has 0 aliphatic heterocycles. The molecule has 0 saturated heterocycles. The van der Waals surface area contributed by atoms with Crippen LogP contribution in [0.1, 0.15) is 19.4 Å². The summed E-state index contributed by atoms with van der Waals surface area (Å²) in [5, 5.41) is 5.47. The summed E-state index contributed by atoms with van der Waals surface area (Å²) in [7, 11) is 0. The Balaban J connectivity index is 2.04. The Kier molecular flexibility index (Phi) is 4.60. The number of pyridine rings is 1. The number of nitrogens with zero attached hydrogens (tertiary/aromatic N) is 1. The third kappa shape index (κ3) is 3.71. The van der Waals surface area contributed by atoms with Crippen molar-refractivity contribution in [1.29, 1.82) is 0 Å². The van der Waals surface area contributed by atoms with Crippen molar-refractivity contribution < 1.29 is 4.74 Å². The number of hydrogen-bond donors (Lipinski definition) is 1. The molecule has 2 rings (SSSR count). The summed E-state index contributed by atoms with van der Waals surface area (Å²) in [6.07, 6.45) is 1.86. The fourth-order valence-corrected chi connectivity index (χ4v) is 2.69. The van der Waals surface area contributed by atoms with Gasteiger partial charge in [-0.2, -0.15) is 0 Å². The fraction of sp³-hybridized carbons (Fsp3) is 0.308. The van der Waals surface area contributed by atoms with E-state index < -0.39 is 0 Å². The van der Waals surface area contributed by atoms with Gasteiger partial charge in [-0.15, -0.1) is 11.3 Å². The molecule has 96 valence electrons. The summed E-state index contributed by atoms with van der Waals surface area (Å²) in [5.41, 5.74) is 2.17. The zero-order chi connectivity index (χ0) is 13.0. The zero-order valence-electron chi connectivity index (χ0n) is 10.3. The number of aromatic nitrogens is 1. The molecule has 18 heavy (non-hydrogen) atoms. The summed E-state index contributed by atoms with van der Waals surface area (Å²) in [6, 6.07) is 5.99. The van der Waals surface area contributed by atoms with Gasteiger partial charge in [-0.3, -0.25) is 0 Å². The molecule has 0 amide bonds. The smallest absolute Gasteiger partial charge is 0.237 e. The maximum Gasteiger partial charge on any atom is 0.237 e. The summed E-state index contributed by atoms with van der Waals surface area (Å²) < 4.78 is 6.80. The first-order valence-electron chi connectivity index (χ1n) is 5.73. The highest BCUT2D eigenvalue weighted by atomic mass is 79.9. The molecule has 0 bridgehead atoms. The van der Waals surface area contributed by atoms with Crippen LogP contribution in [0.15, 0.2) is 33.6 Å². The molecule has 0 fully saturated rings. The van der Waals surface area contributed by atoms with Crippen molar-refractivity contribution in [2.75, 3.05) is 5.32 Å². The van der Waals surface area contributed by atoms with Crippen LogP contribution in [0.5, 0.6) is 5.88 Å². The van der Waals surface area contributed by atoms with Crippen molar-refractivity contribution >= 4 is 33.0 Å². The van der Waals surface area contributed by atoms with Crippen molar-refractivity contribution in [3.05, 3.63) is 39.1 Å². The summed E-state index contributed by atoms with van der Waals surface area (Å²) in [5.74, 6) is 0.654. The van der Waals surface area contributed by atoms with Crippen LogP contribution < -0.4 is 10.1 Å². The molecular formula is C13H15BrN2OS. The molecule has 5 heteroatoms. The second-order valence-electron chi connectivity index (χ2n) is 4.14. The van der Waals surface area contributed by atoms with Crippen LogP contribution in [0.2, 0.25) is 0 Å². The minimum atomic E-state index is 0.121. The van der Waals surface area contributed by atoms with Gasteiger partial charge >= 0.3 is 0 Å². The van der Waals surface area contributed by atoms with Crippen LogP contribution >= 0.6 is 27.3 Å². The Bertz CT molecular complexity index is 513. The van der Waals surface area contributed by atoms with E-state index in [1.54, 1.807) is 17.5 Å². The van der Waals surface area contributed by atoms with Gasteiger partial charge in [-0.25, -0.2) is 4.98 Å². The first-order chi connectivity index (χ1) is 8.65. The molecule has 0 aromatic carbocycles. The first kappa shape index (κ1) is 13.4. The molecule has 2 aromatic heterocycles. The number of nitrogens with one attached hydrogen (secondary N) is 1. The second kappa shape index (κ2) is 6.20. The van der Waals surface area contributed by atoms with E-state index >= 15 is 0 Å². The Morgan fingerprint density at radius 3 is 3.00 bits per heavy atom. The first-order valence-corrected chi connectivity index (χ1v) is 7.41. The molecular weight excluding hydrogens is 312 g/mol. The molecule has 2 heterocycles. The molecule has 1 N–H and O–H groups in total. The molecule has 0 aliphatic carbocycles. The number of hydrogen-bond acceptors (Lipinski definition) is 4. The van der Waals surface area contributed by atoms with Crippen LogP contribution in [-0.2, 0) is 6.54 Å². The van der Waals surface area contributed by atoms with Gasteiger partial charge in [0, 0.05) is 12.7 Å². The number of rotatable bonds is 5. The molecule has 0 spiro atoms. The quantitative estimate of drug-likeness (QED) is 0.889. The van der Waals surface area contributed by atoms with Gasteiger partial charge in [0.05, 0.1) is 15.6 Å². The van der Waals surface area contributed by atoms with E-state index in [1.807, 2.05) is 26.0 Å². The number of halogens is 1. The fourth-order valence-electron chi connectivity index (χ4n) is 1.48. The lowest BCUT2D eigenvalue weighted by atomic mass is 10.3. The Labute approximate surface area is 119 Å². The maximum absolute atomic E-state index is 5.66. The van der Waals surface area contributed by atoms with Gasteiger partial charge in [0.15, 0.2) is 0 Å². The lowest BCUT2D eigenvalue weighted by molar-refractivity contribution is 0.234. The van der Waals surface area contributed by atoms with Gasteiger partial charge in [0.2, 0.25) is 5.88 Å². The molecule has 3 nitrogen and oxygen atoms in total. The van der Waals surface area contributed by atoms with Crippen LogP contribution in [-0.4, -0.2) is 11.1 Å². The Morgan fingerprint density at radius 1 is 1.50 bits per heavy atom. The van der Waals surface area contributed by atoms with Gasteiger partial charge in [0.1, 0.15) is 0 Å². The van der Waals surface area contributed by atoms with E-state index in [0.717, 1.165) is 16.0 Å². The highest BCUT2D eigenvalue weighted by Gasteiger charge is 2.06. The summed E-state index contributed by atoms with van der Waals surface area (Å²) >= 11 is 5.14. The topological polar surface area (TPSA) is 34.1 Å². The molecule has 0 aliphatic rings. The minimum absolute atomic E-state index is 0.121. The van der Waals surface area contributed by atoms with Crippen molar-refractivity contribution in [2.24, 2.45) is 0 Å². The predicted molar refractivity (Wildman–Crippen MR) is 79.3 cm³/mol.